The second-order valence-corrected chi connectivity index (χ2v) is 4.30. The lowest BCUT2D eigenvalue weighted by molar-refractivity contribution is -0.0321. The van der Waals surface area contributed by atoms with Crippen molar-refractivity contribution in [1.29, 1.82) is 0 Å². The standard InChI is InChI=1S/C12H21NO2/c1-5-12(2,3)15-9-10-6-7-14-11(10)8-13-4/h6-7,13H,5,8-9H2,1-4H3. The van der Waals surface area contributed by atoms with Gasteiger partial charge in [0.15, 0.2) is 0 Å². The van der Waals surface area contributed by atoms with Crippen LogP contribution in [-0.4, -0.2) is 12.6 Å². The Labute approximate surface area is 91.8 Å². The minimum absolute atomic E-state index is 0.0613. The van der Waals surface area contributed by atoms with Crippen LogP contribution in [0.25, 0.3) is 0 Å². The number of rotatable bonds is 6. The quantitative estimate of drug-likeness (QED) is 0.785. The molecule has 0 saturated heterocycles. The van der Waals surface area contributed by atoms with E-state index in [1.807, 2.05) is 13.1 Å². The first-order chi connectivity index (χ1) is 7.09. The normalized spacial score (nSPS) is 12.0. The van der Waals surface area contributed by atoms with E-state index in [0.717, 1.165) is 24.3 Å². The molecule has 0 spiro atoms. The average Bonchev–Trinajstić information content (AvgIpc) is 2.64. The lowest BCUT2D eigenvalue weighted by atomic mass is 10.1. The molecule has 0 atom stereocenters. The van der Waals surface area contributed by atoms with Crippen LogP contribution in [0.15, 0.2) is 16.7 Å². The maximum atomic E-state index is 5.82. The van der Waals surface area contributed by atoms with Crippen LogP contribution in [0, 0.1) is 0 Å². The van der Waals surface area contributed by atoms with Gasteiger partial charge in [-0.3, -0.25) is 0 Å². The van der Waals surface area contributed by atoms with E-state index in [0.29, 0.717) is 6.61 Å². The van der Waals surface area contributed by atoms with Crippen LogP contribution in [-0.2, 0) is 17.9 Å². The fourth-order valence-corrected chi connectivity index (χ4v) is 1.19. The topological polar surface area (TPSA) is 34.4 Å². The zero-order valence-electron chi connectivity index (χ0n) is 10.1. The van der Waals surface area contributed by atoms with Crippen LogP contribution in [0.2, 0.25) is 0 Å². The average molecular weight is 211 g/mol. The molecule has 0 aliphatic carbocycles. The van der Waals surface area contributed by atoms with Gasteiger partial charge in [0.25, 0.3) is 0 Å². The summed E-state index contributed by atoms with van der Waals surface area (Å²) < 4.78 is 11.2. The lowest BCUT2D eigenvalue weighted by Crippen LogP contribution is -2.23. The fraction of sp³-hybridized carbons (Fsp3) is 0.667. The number of nitrogens with one attached hydrogen (secondary N) is 1. The highest BCUT2D eigenvalue weighted by Gasteiger charge is 2.16. The molecule has 0 saturated carbocycles. The summed E-state index contributed by atoms with van der Waals surface area (Å²) in [5, 5.41) is 3.07. The number of furan rings is 1. The SMILES string of the molecule is CCC(C)(C)OCc1ccoc1CNC. The summed E-state index contributed by atoms with van der Waals surface area (Å²) in [6, 6.07) is 1.97. The molecule has 1 rings (SSSR count). The summed E-state index contributed by atoms with van der Waals surface area (Å²) in [5.74, 6) is 0.962. The van der Waals surface area contributed by atoms with Crippen LogP contribution in [0.4, 0.5) is 0 Å². The van der Waals surface area contributed by atoms with Crippen molar-refractivity contribution in [2.45, 2.75) is 45.9 Å². The van der Waals surface area contributed by atoms with Gasteiger partial charge >= 0.3 is 0 Å². The Morgan fingerprint density at radius 1 is 1.47 bits per heavy atom. The Hall–Kier alpha value is -0.800. The molecule has 1 N–H and O–H groups in total. The molecule has 15 heavy (non-hydrogen) atoms. The first kappa shape index (κ1) is 12.3. The number of ether oxygens (including phenoxy) is 1. The van der Waals surface area contributed by atoms with Gasteiger partial charge in [0, 0.05) is 5.56 Å². The van der Waals surface area contributed by atoms with Gasteiger partial charge in [0.2, 0.25) is 0 Å². The third-order valence-electron chi connectivity index (χ3n) is 2.64. The summed E-state index contributed by atoms with van der Waals surface area (Å²) in [6.07, 6.45) is 2.72. The van der Waals surface area contributed by atoms with Crippen molar-refractivity contribution < 1.29 is 9.15 Å². The van der Waals surface area contributed by atoms with Crippen LogP contribution >= 0.6 is 0 Å². The van der Waals surface area contributed by atoms with Crippen LogP contribution in [0.1, 0.15) is 38.5 Å². The minimum atomic E-state index is -0.0613. The predicted octanol–water partition coefficient (Wildman–Crippen LogP) is 2.70. The van der Waals surface area contributed by atoms with Crippen LogP contribution in [0.3, 0.4) is 0 Å². The highest BCUT2D eigenvalue weighted by molar-refractivity contribution is 5.15. The zero-order chi connectivity index (χ0) is 11.3. The second kappa shape index (κ2) is 5.33. The predicted molar refractivity (Wildman–Crippen MR) is 60.6 cm³/mol. The van der Waals surface area contributed by atoms with Crippen LogP contribution < -0.4 is 5.32 Å². The largest absolute Gasteiger partial charge is 0.468 e. The van der Waals surface area contributed by atoms with Crippen molar-refractivity contribution in [3.63, 3.8) is 0 Å². The molecule has 3 nitrogen and oxygen atoms in total. The molecule has 0 fully saturated rings. The van der Waals surface area contributed by atoms with Crippen molar-refractivity contribution in [1.82, 2.24) is 5.32 Å². The molecule has 0 unspecified atom stereocenters. The van der Waals surface area contributed by atoms with Gasteiger partial charge < -0.3 is 14.5 Å². The summed E-state index contributed by atoms with van der Waals surface area (Å²) in [6.45, 7) is 7.70. The van der Waals surface area contributed by atoms with Gasteiger partial charge in [-0.05, 0) is 33.4 Å². The van der Waals surface area contributed by atoms with Gasteiger partial charge in [-0.1, -0.05) is 6.92 Å². The highest BCUT2D eigenvalue weighted by atomic mass is 16.5. The van der Waals surface area contributed by atoms with E-state index in [1.54, 1.807) is 6.26 Å². The molecule has 1 aromatic heterocycles. The Morgan fingerprint density at radius 3 is 2.80 bits per heavy atom. The van der Waals surface area contributed by atoms with Crippen molar-refractivity contribution in [3.05, 3.63) is 23.7 Å². The fourth-order valence-electron chi connectivity index (χ4n) is 1.19. The maximum absolute atomic E-state index is 5.82. The summed E-state index contributed by atoms with van der Waals surface area (Å²) in [7, 11) is 1.91. The van der Waals surface area contributed by atoms with E-state index in [1.165, 1.54) is 0 Å². The lowest BCUT2D eigenvalue weighted by Gasteiger charge is -2.23. The van der Waals surface area contributed by atoms with Gasteiger partial charge in [-0.2, -0.15) is 0 Å². The van der Waals surface area contributed by atoms with Crippen molar-refractivity contribution >= 4 is 0 Å². The number of hydrogen-bond acceptors (Lipinski definition) is 3. The molecule has 0 aromatic carbocycles. The molecule has 0 radical (unpaired) electrons. The third kappa shape index (κ3) is 3.68. The van der Waals surface area contributed by atoms with Gasteiger partial charge in [0.1, 0.15) is 5.76 Å². The monoisotopic (exact) mass is 211 g/mol. The third-order valence-corrected chi connectivity index (χ3v) is 2.64. The van der Waals surface area contributed by atoms with E-state index < -0.39 is 0 Å². The molecular formula is C12H21NO2. The molecule has 0 bridgehead atoms. The molecule has 0 aliphatic heterocycles. The van der Waals surface area contributed by atoms with E-state index in [4.69, 9.17) is 9.15 Å². The molecule has 1 aromatic rings. The van der Waals surface area contributed by atoms with Crippen LogP contribution in [0.5, 0.6) is 0 Å². The zero-order valence-corrected chi connectivity index (χ0v) is 10.1. The molecule has 0 aliphatic rings. The van der Waals surface area contributed by atoms with E-state index in [-0.39, 0.29) is 5.60 Å². The van der Waals surface area contributed by atoms with Crippen molar-refractivity contribution in [2.75, 3.05) is 7.05 Å². The molecule has 86 valence electrons. The Bertz CT molecular complexity index is 292. The Kier molecular flexibility index (Phi) is 4.36. The summed E-state index contributed by atoms with van der Waals surface area (Å²) in [4.78, 5) is 0. The first-order valence-corrected chi connectivity index (χ1v) is 5.43. The maximum Gasteiger partial charge on any atom is 0.123 e. The van der Waals surface area contributed by atoms with Crippen molar-refractivity contribution in [3.8, 4) is 0 Å². The van der Waals surface area contributed by atoms with Gasteiger partial charge in [-0.25, -0.2) is 0 Å². The van der Waals surface area contributed by atoms with Crippen molar-refractivity contribution in [2.24, 2.45) is 0 Å². The molecule has 1 heterocycles. The Balaban J connectivity index is 2.53. The summed E-state index contributed by atoms with van der Waals surface area (Å²) in [5.41, 5.74) is 1.07. The summed E-state index contributed by atoms with van der Waals surface area (Å²) >= 11 is 0. The second-order valence-electron chi connectivity index (χ2n) is 4.30. The smallest absolute Gasteiger partial charge is 0.123 e. The van der Waals surface area contributed by atoms with Gasteiger partial charge in [-0.15, -0.1) is 0 Å². The van der Waals surface area contributed by atoms with E-state index in [2.05, 4.69) is 26.1 Å². The molecule has 0 amide bonds. The van der Waals surface area contributed by atoms with Gasteiger partial charge in [0.05, 0.1) is 25.0 Å². The first-order valence-electron chi connectivity index (χ1n) is 5.43. The minimum Gasteiger partial charge on any atom is -0.468 e. The Morgan fingerprint density at radius 2 is 2.20 bits per heavy atom. The van der Waals surface area contributed by atoms with E-state index in [9.17, 15) is 0 Å². The highest BCUT2D eigenvalue weighted by Crippen LogP contribution is 2.19. The number of hydrogen-bond donors (Lipinski definition) is 1. The van der Waals surface area contributed by atoms with E-state index >= 15 is 0 Å². The molecular weight excluding hydrogens is 190 g/mol. The molecule has 3 heteroatoms.